The van der Waals surface area contributed by atoms with E-state index in [2.05, 4.69) is 191 Å². The Kier molecular flexibility index (Phi) is 86.5. The molecule has 330 valence electrons. The van der Waals surface area contributed by atoms with Gasteiger partial charge >= 0.3 is 0 Å². The van der Waals surface area contributed by atoms with E-state index >= 15 is 0 Å². The van der Waals surface area contributed by atoms with Gasteiger partial charge in [-0.1, -0.05) is 119 Å². The van der Waals surface area contributed by atoms with Crippen LogP contribution < -0.4 is 0 Å². The standard InChI is InChI=1S/6C6H12OS2.Mo/c6*1-2-3-4-5-7-6(8)9;/h6*2-5H2,1H3,(H,8,9);/p-6. The zero-order chi connectivity index (χ0) is 42.7. The zero-order valence-electron chi connectivity index (χ0n) is 33.7. The Morgan fingerprint density at radius 3 is 0.455 bits per heavy atom. The minimum atomic E-state index is 0. The number of ether oxygens (including phenoxy) is 6. The van der Waals surface area contributed by atoms with Crippen LogP contribution in [0.1, 0.15) is 157 Å². The number of hydrogen-bond acceptors (Lipinski definition) is 18. The van der Waals surface area contributed by atoms with Crippen molar-refractivity contribution in [2.24, 2.45) is 0 Å². The summed E-state index contributed by atoms with van der Waals surface area (Å²) in [5.41, 5.74) is 0. The molecule has 0 saturated carbocycles. The van der Waals surface area contributed by atoms with E-state index in [1.54, 1.807) is 0 Å². The van der Waals surface area contributed by atoms with Crippen molar-refractivity contribution in [3.05, 3.63) is 0 Å². The van der Waals surface area contributed by atoms with Crippen LogP contribution in [0, 0.1) is 0 Å². The van der Waals surface area contributed by atoms with Crippen molar-refractivity contribution in [3.63, 3.8) is 0 Å². The first-order valence-electron chi connectivity index (χ1n) is 18.6. The Bertz CT molecular complexity index is 677. The Hall–Kier alpha value is 1.35. The molecule has 0 N–H and O–H groups in total. The van der Waals surface area contributed by atoms with E-state index in [-0.39, 0.29) is 47.4 Å². The molecule has 0 aliphatic heterocycles. The van der Waals surface area contributed by atoms with Crippen LogP contribution in [0.2, 0.25) is 0 Å². The number of hydrogen-bond donors (Lipinski definition) is 0. The summed E-state index contributed by atoms with van der Waals surface area (Å²) in [5, 5.41) is 0. The van der Waals surface area contributed by atoms with Gasteiger partial charge in [-0.15, -0.1) is 0 Å². The second-order valence-electron chi connectivity index (χ2n) is 10.8. The van der Waals surface area contributed by atoms with Gasteiger partial charge in [0, 0.05) is 47.4 Å². The van der Waals surface area contributed by atoms with Gasteiger partial charge in [0.2, 0.25) is 0 Å². The molecule has 0 aliphatic carbocycles. The fourth-order valence-corrected chi connectivity index (χ4v) is 4.05. The van der Waals surface area contributed by atoms with E-state index in [1.807, 2.05) is 0 Å². The van der Waals surface area contributed by atoms with Crippen LogP contribution in [0.15, 0.2) is 0 Å². The first kappa shape index (κ1) is 70.9. The quantitative estimate of drug-likeness (QED) is 0.0399. The third kappa shape index (κ3) is 113. The van der Waals surface area contributed by atoms with Gasteiger partial charge in [-0.3, -0.25) is 0 Å². The van der Waals surface area contributed by atoms with Gasteiger partial charge in [0.05, 0.1) is 39.6 Å². The molecule has 0 unspecified atom stereocenters. The maximum atomic E-state index is 4.89. The number of rotatable bonds is 24. The maximum absolute atomic E-state index is 4.89. The Morgan fingerprint density at radius 1 is 0.273 bits per heavy atom. The van der Waals surface area contributed by atoms with Gasteiger partial charge in [0.25, 0.3) is 0 Å². The van der Waals surface area contributed by atoms with Crippen molar-refractivity contribution in [3.8, 4) is 0 Å². The smallest absolute Gasteiger partial charge is 0.0858 e. The second-order valence-corrected chi connectivity index (χ2v) is 16.8. The van der Waals surface area contributed by atoms with Crippen molar-refractivity contribution >= 4 is 175 Å². The number of thiocarbonyl (C=S) groups is 6. The fraction of sp³-hybridized carbons (Fsp3) is 0.833. The van der Waals surface area contributed by atoms with Gasteiger partial charge in [0.1, 0.15) is 0 Å². The van der Waals surface area contributed by atoms with Crippen molar-refractivity contribution < 1.29 is 49.5 Å². The Labute approximate surface area is 417 Å². The topological polar surface area (TPSA) is 55.4 Å². The van der Waals surface area contributed by atoms with Crippen LogP contribution in [-0.2, 0) is 125 Å². The average molecular weight is 1080 g/mol. The SMILES string of the molecule is CCCCCOC(=S)[S-].CCCCCOC(=S)[S-].CCCCCOC(=S)[S-].CCCCCOC(=S)[S-].CCCCCOC(=S)[S-].CCCCCOC(=S)[S-].[Mo]. The summed E-state index contributed by atoms with van der Waals surface area (Å²) in [6.45, 7) is 17.0. The molecule has 0 saturated heterocycles. The molecular formula is C36H66MoO6S12-6. The summed E-state index contributed by atoms with van der Waals surface area (Å²) in [6, 6.07) is 0. The van der Waals surface area contributed by atoms with E-state index in [0.717, 1.165) is 38.5 Å². The molecule has 55 heavy (non-hydrogen) atoms. The molecule has 0 aromatic rings. The molecular weight excluding hydrogens is 1010 g/mol. The average Bonchev–Trinajstić information content (AvgIpc) is 3.10. The van der Waals surface area contributed by atoms with Gasteiger partial charge in [-0.2, -0.15) is 0 Å². The molecule has 19 heteroatoms. The van der Waals surface area contributed by atoms with Crippen molar-refractivity contribution in [1.82, 2.24) is 0 Å². The van der Waals surface area contributed by atoms with Gasteiger partial charge in [-0.25, -0.2) is 0 Å². The van der Waals surface area contributed by atoms with E-state index in [0.29, 0.717) is 39.6 Å². The van der Waals surface area contributed by atoms with Crippen molar-refractivity contribution in [2.45, 2.75) is 157 Å². The van der Waals surface area contributed by atoms with Crippen molar-refractivity contribution in [1.29, 1.82) is 0 Å². The van der Waals surface area contributed by atoms with Gasteiger partial charge in [-0.05, 0) is 38.5 Å². The molecule has 0 atom stereocenters. The largest absolute Gasteiger partial charge is 0.514 e. The molecule has 0 aromatic carbocycles. The molecule has 0 aliphatic rings. The predicted molar refractivity (Wildman–Crippen MR) is 273 cm³/mol. The van der Waals surface area contributed by atoms with E-state index in [1.165, 1.54) is 77.0 Å². The molecule has 0 rings (SSSR count). The summed E-state index contributed by atoms with van der Waals surface area (Å²) in [4.78, 5) is 0. The van der Waals surface area contributed by atoms with Crippen LogP contribution in [0.25, 0.3) is 0 Å². The molecule has 6 nitrogen and oxygen atoms in total. The zero-order valence-corrected chi connectivity index (χ0v) is 45.5. The third-order valence-corrected chi connectivity index (χ3v) is 7.22. The molecule has 0 aromatic heterocycles. The van der Waals surface area contributed by atoms with Crippen LogP contribution in [0.5, 0.6) is 0 Å². The molecule has 0 heterocycles. The summed E-state index contributed by atoms with van der Waals surface area (Å²) in [7, 11) is 0. The molecule has 0 amide bonds. The van der Waals surface area contributed by atoms with E-state index < -0.39 is 0 Å². The Balaban J connectivity index is -0.000000100. The Morgan fingerprint density at radius 2 is 0.382 bits per heavy atom. The number of unbranched alkanes of at least 4 members (excludes halogenated alkanes) is 12. The van der Waals surface area contributed by atoms with Crippen LogP contribution in [0.4, 0.5) is 0 Å². The third-order valence-electron chi connectivity index (χ3n) is 5.81. The summed E-state index contributed by atoms with van der Waals surface area (Å²) < 4.78 is 30.8. The fourth-order valence-electron chi connectivity index (χ4n) is 3.05. The monoisotopic (exact) mass is 1080 g/mol. The first-order valence-corrected chi connectivity index (χ1v) is 23.5. The summed E-state index contributed by atoms with van der Waals surface area (Å²) >= 11 is 54.5. The maximum Gasteiger partial charge on any atom is 0.0858 e. The second kappa shape index (κ2) is 67.1. The van der Waals surface area contributed by atoms with Crippen LogP contribution >= 0.6 is 73.3 Å². The minimum Gasteiger partial charge on any atom is -0.514 e. The first-order chi connectivity index (χ1) is 25.6. The molecule has 0 spiro atoms. The van der Waals surface area contributed by atoms with Gasteiger partial charge in [0.15, 0.2) is 0 Å². The normalized spacial score (nSPS) is 8.84. The molecule has 0 fully saturated rings. The van der Waals surface area contributed by atoms with Crippen LogP contribution in [0.3, 0.4) is 0 Å². The predicted octanol–water partition coefficient (Wildman–Crippen LogP) is 12.1. The van der Waals surface area contributed by atoms with Crippen molar-refractivity contribution in [2.75, 3.05) is 39.6 Å². The summed E-state index contributed by atoms with van der Waals surface area (Å²) in [5.74, 6) is 0. The van der Waals surface area contributed by atoms with Crippen LogP contribution in [-0.4, -0.2) is 65.9 Å². The van der Waals surface area contributed by atoms with E-state index in [4.69, 9.17) is 28.4 Å². The molecule has 0 bridgehead atoms. The van der Waals surface area contributed by atoms with E-state index in [9.17, 15) is 0 Å². The summed E-state index contributed by atoms with van der Waals surface area (Å²) in [6.07, 6.45) is 20.7. The minimum absolute atomic E-state index is 0. The molecule has 0 radical (unpaired) electrons. The van der Waals surface area contributed by atoms with Gasteiger partial charge < -0.3 is 178 Å².